The number of benzene rings is 2. The van der Waals surface area contributed by atoms with E-state index >= 15 is 0 Å². The molecule has 2 amide bonds. The topological polar surface area (TPSA) is 67.4 Å². The third-order valence-corrected chi connectivity index (χ3v) is 3.63. The van der Waals surface area contributed by atoms with Crippen molar-refractivity contribution in [2.75, 3.05) is 19.0 Å². The van der Waals surface area contributed by atoms with Crippen molar-refractivity contribution >= 4 is 29.1 Å². The highest BCUT2D eigenvalue weighted by molar-refractivity contribution is 6.39. The zero-order valence-corrected chi connectivity index (χ0v) is 14.3. The van der Waals surface area contributed by atoms with Gasteiger partial charge in [0.1, 0.15) is 5.75 Å². The van der Waals surface area contributed by atoms with Gasteiger partial charge in [-0.3, -0.25) is 9.59 Å². The van der Waals surface area contributed by atoms with Crippen LogP contribution in [-0.2, 0) is 16.0 Å². The third-order valence-electron chi connectivity index (χ3n) is 3.40. The Bertz CT molecular complexity index is 747. The highest BCUT2D eigenvalue weighted by Gasteiger charge is 2.15. The van der Waals surface area contributed by atoms with E-state index in [1.807, 2.05) is 31.2 Å². The van der Waals surface area contributed by atoms with Crippen LogP contribution in [0.5, 0.6) is 5.75 Å². The number of halogens is 1. The second-order valence-corrected chi connectivity index (χ2v) is 5.73. The van der Waals surface area contributed by atoms with Crippen LogP contribution in [0.25, 0.3) is 0 Å². The lowest BCUT2D eigenvalue weighted by molar-refractivity contribution is -0.136. The van der Waals surface area contributed by atoms with Gasteiger partial charge in [-0.05, 0) is 48.7 Å². The van der Waals surface area contributed by atoms with Gasteiger partial charge in [-0.2, -0.15) is 0 Å². The number of rotatable bonds is 5. The summed E-state index contributed by atoms with van der Waals surface area (Å²) < 4.78 is 5.17. The minimum atomic E-state index is -0.731. The number of carbonyl (C=O) groups is 2. The molecule has 0 saturated heterocycles. The van der Waals surface area contributed by atoms with Crippen LogP contribution in [0.3, 0.4) is 0 Å². The lowest BCUT2D eigenvalue weighted by atomic mass is 10.1. The molecule has 2 aromatic rings. The van der Waals surface area contributed by atoms with Gasteiger partial charge in [-0.15, -0.1) is 0 Å². The number of ether oxygens (including phenoxy) is 1. The Kier molecular flexibility index (Phi) is 6.21. The molecule has 0 spiro atoms. The molecule has 0 aliphatic rings. The van der Waals surface area contributed by atoms with Crippen LogP contribution >= 0.6 is 11.6 Å². The first-order chi connectivity index (χ1) is 11.5. The van der Waals surface area contributed by atoms with Gasteiger partial charge in [-0.1, -0.05) is 29.8 Å². The van der Waals surface area contributed by atoms with Crippen LogP contribution in [0.2, 0.25) is 5.02 Å². The van der Waals surface area contributed by atoms with Gasteiger partial charge in [0.05, 0.1) is 12.8 Å². The van der Waals surface area contributed by atoms with Crippen molar-refractivity contribution in [1.82, 2.24) is 5.32 Å². The summed E-state index contributed by atoms with van der Waals surface area (Å²) in [7, 11) is 1.51. The zero-order valence-electron chi connectivity index (χ0n) is 13.6. The quantitative estimate of drug-likeness (QED) is 0.818. The maximum atomic E-state index is 12.0. The molecule has 126 valence electrons. The number of anilines is 1. The van der Waals surface area contributed by atoms with E-state index in [0.29, 0.717) is 29.4 Å². The first-order valence-electron chi connectivity index (χ1n) is 7.48. The Labute approximate surface area is 146 Å². The van der Waals surface area contributed by atoms with E-state index in [4.69, 9.17) is 16.3 Å². The number of hydrogen-bond donors (Lipinski definition) is 2. The Morgan fingerprint density at radius 2 is 1.92 bits per heavy atom. The van der Waals surface area contributed by atoms with E-state index in [2.05, 4.69) is 10.6 Å². The van der Waals surface area contributed by atoms with Crippen LogP contribution in [0, 0.1) is 6.92 Å². The average molecular weight is 347 g/mol. The average Bonchev–Trinajstić information content (AvgIpc) is 2.55. The van der Waals surface area contributed by atoms with Gasteiger partial charge in [0.15, 0.2) is 0 Å². The predicted molar refractivity (Wildman–Crippen MR) is 94.5 cm³/mol. The van der Waals surface area contributed by atoms with Crippen molar-refractivity contribution < 1.29 is 14.3 Å². The summed E-state index contributed by atoms with van der Waals surface area (Å²) in [5.41, 5.74) is 2.41. The van der Waals surface area contributed by atoms with E-state index in [0.717, 1.165) is 11.1 Å². The molecule has 0 aliphatic heterocycles. The predicted octanol–water partition coefficient (Wildman–Crippen LogP) is 2.95. The minimum Gasteiger partial charge on any atom is -0.495 e. The lowest BCUT2D eigenvalue weighted by Gasteiger charge is -2.11. The number of nitrogens with one attached hydrogen (secondary N) is 2. The Morgan fingerprint density at radius 3 is 2.62 bits per heavy atom. The SMILES string of the molecule is COc1ccc(C)cc1NC(=O)C(=O)NCCc1cccc(Cl)c1. The van der Waals surface area contributed by atoms with Crippen LogP contribution in [0.15, 0.2) is 42.5 Å². The molecule has 0 fully saturated rings. The molecule has 0 atom stereocenters. The van der Waals surface area contributed by atoms with Crippen LogP contribution in [0.1, 0.15) is 11.1 Å². The maximum absolute atomic E-state index is 12.0. The van der Waals surface area contributed by atoms with Gasteiger partial charge in [0.2, 0.25) is 0 Å². The van der Waals surface area contributed by atoms with E-state index < -0.39 is 11.8 Å². The fourth-order valence-electron chi connectivity index (χ4n) is 2.19. The molecule has 24 heavy (non-hydrogen) atoms. The van der Waals surface area contributed by atoms with Crippen LogP contribution < -0.4 is 15.4 Å². The van der Waals surface area contributed by atoms with Gasteiger partial charge in [0, 0.05) is 11.6 Å². The normalized spacial score (nSPS) is 10.1. The molecule has 2 aromatic carbocycles. The second-order valence-electron chi connectivity index (χ2n) is 5.29. The second kappa shape index (κ2) is 8.36. The standard InChI is InChI=1S/C18H19ClN2O3/c1-12-6-7-16(24-2)15(10-12)21-18(23)17(22)20-9-8-13-4-3-5-14(19)11-13/h3-7,10-11H,8-9H2,1-2H3,(H,20,22)(H,21,23). The molecule has 0 heterocycles. The van der Waals surface area contributed by atoms with Crippen LogP contribution in [0.4, 0.5) is 5.69 Å². The molecule has 0 aliphatic carbocycles. The number of aryl methyl sites for hydroxylation is 1. The first-order valence-corrected chi connectivity index (χ1v) is 7.85. The Hall–Kier alpha value is -2.53. The van der Waals surface area contributed by atoms with Crippen molar-refractivity contribution in [2.24, 2.45) is 0 Å². The Balaban J connectivity index is 1.88. The number of methoxy groups -OCH3 is 1. The monoisotopic (exact) mass is 346 g/mol. The fraction of sp³-hybridized carbons (Fsp3) is 0.222. The molecule has 6 heteroatoms. The van der Waals surface area contributed by atoms with Crippen molar-refractivity contribution in [3.05, 3.63) is 58.6 Å². The molecule has 2 rings (SSSR count). The summed E-state index contributed by atoms with van der Waals surface area (Å²) >= 11 is 5.91. The van der Waals surface area contributed by atoms with Crippen molar-refractivity contribution in [2.45, 2.75) is 13.3 Å². The molecule has 2 N–H and O–H groups in total. The number of carbonyl (C=O) groups excluding carboxylic acids is 2. The molecule has 5 nitrogen and oxygen atoms in total. The van der Waals surface area contributed by atoms with E-state index in [1.165, 1.54) is 7.11 Å². The number of amides is 2. The number of hydrogen-bond acceptors (Lipinski definition) is 3. The van der Waals surface area contributed by atoms with Gasteiger partial charge in [-0.25, -0.2) is 0 Å². The van der Waals surface area contributed by atoms with E-state index in [-0.39, 0.29) is 0 Å². The summed E-state index contributed by atoms with van der Waals surface area (Å²) in [5.74, 6) is -0.925. The van der Waals surface area contributed by atoms with Gasteiger partial charge >= 0.3 is 11.8 Å². The highest BCUT2D eigenvalue weighted by Crippen LogP contribution is 2.24. The largest absolute Gasteiger partial charge is 0.495 e. The van der Waals surface area contributed by atoms with E-state index in [9.17, 15) is 9.59 Å². The maximum Gasteiger partial charge on any atom is 0.313 e. The molecule has 0 unspecified atom stereocenters. The summed E-state index contributed by atoms with van der Waals surface area (Å²) in [5, 5.41) is 5.79. The zero-order chi connectivity index (χ0) is 17.5. The summed E-state index contributed by atoms with van der Waals surface area (Å²) in [4.78, 5) is 23.9. The third kappa shape index (κ3) is 4.99. The van der Waals surface area contributed by atoms with Crippen molar-refractivity contribution in [1.29, 1.82) is 0 Å². The molecule has 0 saturated carbocycles. The fourth-order valence-corrected chi connectivity index (χ4v) is 2.40. The smallest absolute Gasteiger partial charge is 0.313 e. The van der Waals surface area contributed by atoms with Gasteiger partial charge in [0.25, 0.3) is 0 Å². The van der Waals surface area contributed by atoms with E-state index in [1.54, 1.807) is 18.2 Å². The first kappa shape index (κ1) is 17.8. The molecule has 0 bridgehead atoms. The Morgan fingerprint density at radius 1 is 1.12 bits per heavy atom. The molecular formula is C18H19ClN2O3. The minimum absolute atomic E-state index is 0.345. The molecule has 0 radical (unpaired) electrons. The highest BCUT2D eigenvalue weighted by atomic mass is 35.5. The van der Waals surface area contributed by atoms with Crippen molar-refractivity contribution in [3.63, 3.8) is 0 Å². The molecule has 0 aromatic heterocycles. The van der Waals surface area contributed by atoms with Crippen LogP contribution in [-0.4, -0.2) is 25.5 Å². The van der Waals surface area contributed by atoms with Gasteiger partial charge < -0.3 is 15.4 Å². The summed E-state index contributed by atoms with van der Waals surface area (Å²) in [6, 6.07) is 12.7. The summed E-state index contributed by atoms with van der Waals surface area (Å²) in [6.45, 7) is 2.23. The lowest BCUT2D eigenvalue weighted by Crippen LogP contribution is -2.36. The summed E-state index contributed by atoms with van der Waals surface area (Å²) in [6.07, 6.45) is 0.591. The van der Waals surface area contributed by atoms with Crippen molar-refractivity contribution in [3.8, 4) is 5.75 Å². The molecular weight excluding hydrogens is 328 g/mol.